The molecule has 3 rings (SSSR count). The number of carbonyl (C=O) groups excluding carboxylic acids is 2. The van der Waals surface area contributed by atoms with Crippen LogP contribution >= 0.6 is 22.9 Å². The summed E-state index contributed by atoms with van der Waals surface area (Å²) in [4.78, 5) is 33.6. The lowest BCUT2D eigenvalue weighted by Gasteiger charge is -2.14. The number of ketones is 1. The van der Waals surface area contributed by atoms with Crippen molar-refractivity contribution in [1.82, 2.24) is 9.97 Å². The number of nitrogens with zero attached hydrogens (tertiary/aromatic N) is 3. The SMILES string of the molecule is Cc1nc(-c2cccnc2)sc1C(=O)C/C(=N/O)C(=O)Nc1ccc(Cl)cc1C(F)(F)F. The third-order valence-corrected chi connectivity index (χ3v) is 5.69. The monoisotopic (exact) mass is 482 g/mol. The number of nitrogens with one attached hydrogen (secondary N) is 1. The molecule has 0 unspecified atom stereocenters. The number of rotatable bonds is 6. The first-order chi connectivity index (χ1) is 15.1. The molecule has 0 saturated heterocycles. The number of halogens is 4. The van der Waals surface area contributed by atoms with Crippen molar-refractivity contribution >= 4 is 46.0 Å². The summed E-state index contributed by atoms with van der Waals surface area (Å²) in [6.07, 6.45) is -2.27. The van der Waals surface area contributed by atoms with E-state index in [-0.39, 0.29) is 9.90 Å². The molecule has 0 spiro atoms. The number of pyridine rings is 1. The molecule has 1 amide bonds. The van der Waals surface area contributed by atoms with Gasteiger partial charge in [-0.25, -0.2) is 4.98 Å². The molecule has 2 heterocycles. The molecule has 0 radical (unpaired) electrons. The molecule has 32 heavy (non-hydrogen) atoms. The third kappa shape index (κ3) is 5.29. The van der Waals surface area contributed by atoms with Gasteiger partial charge < -0.3 is 10.5 Å². The Morgan fingerprint density at radius 2 is 2.03 bits per heavy atom. The number of hydrogen-bond donors (Lipinski definition) is 2. The van der Waals surface area contributed by atoms with Crippen LogP contribution in [-0.2, 0) is 11.0 Å². The lowest BCUT2D eigenvalue weighted by Crippen LogP contribution is -2.26. The Hall–Kier alpha value is -3.31. The van der Waals surface area contributed by atoms with E-state index in [0.29, 0.717) is 22.3 Å². The van der Waals surface area contributed by atoms with Gasteiger partial charge in [-0.1, -0.05) is 16.8 Å². The molecular formula is C20H14ClF3N4O3S. The molecule has 0 bridgehead atoms. The minimum Gasteiger partial charge on any atom is -0.410 e. The van der Waals surface area contributed by atoms with Gasteiger partial charge in [-0.3, -0.25) is 14.6 Å². The van der Waals surface area contributed by atoms with Crippen molar-refractivity contribution in [2.75, 3.05) is 5.32 Å². The quantitative estimate of drug-likeness (QED) is 0.217. The van der Waals surface area contributed by atoms with Crippen LogP contribution in [0.15, 0.2) is 47.9 Å². The highest BCUT2D eigenvalue weighted by Gasteiger charge is 2.34. The van der Waals surface area contributed by atoms with Crippen molar-refractivity contribution in [3.8, 4) is 10.6 Å². The van der Waals surface area contributed by atoms with E-state index in [1.54, 1.807) is 31.5 Å². The van der Waals surface area contributed by atoms with Gasteiger partial charge in [0.15, 0.2) is 11.5 Å². The van der Waals surface area contributed by atoms with Crippen molar-refractivity contribution in [2.45, 2.75) is 19.5 Å². The molecule has 2 N–H and O–H groups in total. The number of thiazole rings is 1. The number of amides is 1. The first-order valence-electron chi connectivity index (χ1n) is 8.90. The Morgan fingerprint density at radius 1 is 1.28 bits per heavy atom. The summed E-state index contributed by atoms with van der Waals surface area (Å²) in [5.74, 6) is -1.74. The summed E-state index contributed by atoms with van der Waals surface area (Å²) in [5, 5.41) is 14.4. The van der Waals surface area contributed by atoms with Crippen molar-refractivity contribution in [3.05, 3.63) is 63.9 Å². The van der Waals surface area contributed by atoms with Crippen LogP contribution in [-0.4, -0.2) is 32.6 Å². The van der Waals surface area contributed by atoms with Gasteiger partial charge in [0.1, 0.15) is 5.01 Å². The van der Waals surface area contributed by atoms with Crippen LogP contribution in [0.3, 0.4) is 0 Å². The average Bonchev–Trinajstić information content (AvgIpc) is 3.14. The molecule has 0 fully saturated rings. The van der Waals surface area contributed by atoms with Gasteiger partial charge in [0, 0.05) is 23.0 Å². The van der Waals surface area contributed by atoms with E-state index in [4.69, 9.17) is 11.6 Å². The van der Waals surface area contributed by atoms with Crippen molar-refractivity contribution in [3.63, 3.8) is 0 Å². The van der Waals surface area contributed by atoms with Crippen LogP contribution in [0.4, 0.5) is 18.9 Å². The largest absolute Gasteiger partial charge is 0.418 e. The van der Waals surface area contributed by atoms with Gasteiger partial charge in [-0.2, -0.15) is 13.2 Å². The number of benzene rings is 1. The molecule has 0 aliphatic heterocycles. The highest BCUT2D eigenvalue weighted by atomic mass is 35.5. The maximum atomic E-state index is 13.2. The third-order valence-electron chi connectivity index (χ3n) is 4.20. The van der Waals surface area contributed by atoms with E-state index in [2.05, 4.69) is 15.1 Å². The average molecular weight is 483 g/mol. The number of Topliss-reactive ketones (excluding diaryl/α,β-unsaturated/α-hetero) is 1. The Morgan fingerprint density at radius 3 is 2.66 bits per heavy atom. The van der Waals surface area contributed by atoms with Crippen LogP contribution < -0.4 is 5.32 Å². The highest BCUT2D eigenvalue weighted by Crippen LogP contribution is 2.36. The van der Waals surface area contributed by atoms with Gasteiger partial charge in [0.2, 0.25) is 0 Å². The minimum absolute atomic E-state index is 0.174. The van der Waals surface area contributed by atoms with Crippen molar-refractivity contribution in [1.29, 1.82) is 0 Å². The maximum absolute atomic E-state index is 13.2. The van der Waals surface area contributed by atoms with E-state index in [0.717, 1.165) is 23.5 Å². The Labute approximate surface area is 188 Å². The van der Waals surface area contributed by atoms with Crippen molar-refractivity contribution < 1.29 is 28.0 Å². The molecule has 12 heteroatoms. The van der Waals surface area contributed by atoms with Gasteiger partial charge >= 0.3 is 6.18 Å². The molecule has 166 valence electrons. The van der Waals surface area contributed by atoms with Gasteiger partial charge in [0.25, 0.3) is 5.91 Å². The first kappa shape index (κ1) is 23.4. The topological polar surface area (TPSA) is 105 Å². The fourth-order valence-electron chi connectivity index (χ4n) is 2.72. The summed E-state index contributed by atoms with van der Waals surface area (Å²) in [6.45, 7) is 1.60. The summed E-state index contributed by atoms with van der Waals surface area (Å²) in [7, 11) is 0. The number of carbonyl (C=O) groups is 2. The molecular weight excluding hydrogens is 469 g/mol. The van der Waals surface area contributed by atoms with Crippen LogP contribution in [0.5, 0.6) is 0 Å². The number of aromatic nitrogens is 2. The van der Waals surface area contributed by atoms with Gasteiger partial charge in [-0.15, -0.1) is 11.3 Å². The zero-order valence-corrected chi connectivity index (χ0v) is 17.8. The van der Waals surface area contributed by atoms with E-state index >= 15 is 0 Å². The predicted octanol–water partition coefficient (Wildman–Crippen LogP) is 5.23. The molecule has 0 aliphatic rings. The smallest absolute Gasteiger partial charge is 0.410 e. The van der Waals surface area contributed by atoms with Crippen LogP contribution in [0.1, 0.15) is 27.3 Å². The number of oxime groups is 1. The summed E-state index contributed by atoms with van der Waals surface area (Å²) in [5.41, 5.74) is -1.34. The number of anilines is 1. The molecule has 0 aliphatic carbocycles. The Kier molecular flexibility index (Phi) is 6.90. The second-order valence-electron chi connectivity index (χ2n) is 6.46. The highest BCUT2D eigenvalue weighted by molar-refractivity contribution is 7.17. The predicted molar refractivity (Wildman–Crippen MR) is 113 cm³/mol. The fraction of sp³-hybridized carbons (Fsp3) is 0.150. The van der Waals surface area contributed by atoms with Crippen LogP contribution in [0.2, 0.25) is 5.02 Å². The summed E-state index contributed by atoms with van der Waals surface area (Å²) in [6, 6.07) is 6.25. The zero-order valence-electron chi connectivity index (χ0n) is 16.3. The normalized spacial score (nSPS) is 12.0. The molecule has 1 aromatic carbocycles. The van der Waals surface area contributed by atoms with E-state index in [1.807, 2.05) is 5.32 Å². The van der Waals surface area contributed by atoms with E-state index < -0.39 is 41.3 Å². The molecule has 2 aromatic heterocycles. The zero-order chi connectivity index (χ0) is 23.5. The molecule has 7 nitrogen and oxygen atoms in total. The van der Waals surface area contributed by atoms with E-state index in [1.165, 1.54) is 0 Å². The van der Waals surface area contributed by atoms with Crippen molar-refractivity contribution in [2.24, 2.45) is 5.16 Å². The van der Waals surface area contributed by atoms with Gasteiger partial charge in [0.05, 0.1) is 28.2 Å². The number of aryl methyl sites for hydroxylation is 1. The summed E-state index contributed by atoms with van der Waals surface area (Å²) < 4.78 is 39.7. The number of hydrogen-bond acceptors (Lipinski definition) is 7. The Bertz CT molecular complexity index is 1200. The second kappa shape index (κ2) is 9.45. The lowest BCUT2D eigenvalue weighted by atomic mass is 10.1. The van der Waals surface area contributed by atoms with Crippen LogP contribution in [0.25, 0.3) is 10.6 Å². The van der Waals surface area contributed by atoms with E-state index in [9.17, 15) is 28.0 Å². The summed E-state index contributed by atoms with van der Waals surface area (Å²) >= 11 is 6.68. The minimum atomic E-state index is -4.79. The number of alkyl halides is 3. The van der Waals surface area contributed by atoms with Gasteiger partial charge in [-0.05, 0) is 37.3 Å². The first-order valence-corrected chi connectivity index (χ1v) is 10.1. The lowest BCUT2D eigenvalue weighted by molar-refractivity contribution is -0.136. The molecule has 0 saturated carbocycles. The molecule has 3 aromatic rings. The fourth-order valence-corrected chi connectivity index (χ4v) is 3.88. The molecule has 0 atom stereocenters. The second-order valence-corrected chi connectivity index (χ2v) is 7.90. The maximum Gasteiger partial charge on any atom is 0.418 e. The standard InChI is InChI=1S/C20H14ClF3N4O3S/c1-10-17(32-19(26-10)11-3-2-6-25-9-11)16(29)8-15(28-31)18(30)27-14-5-4-12(21)7-13(14)20(22,23)24/h2-7,9,31H,8H2,1H3,(H,27,30)/b28-15-. The van der Waals surface area contributed by atoms with Crippen LogP contribution in [0, 0.1) is 6.92 Å². The Balaban J connectivity index is 1.79.